The number of hydrogen-bond donors (Lipinski definition) is 2. The van der Waals surface area contributed by atoms with E-state index in [0.717, 1.165) is 7.11 Å². The maximum absolute atomic E-state index is 10.9. The molecule has 0 aliphatic rings. The van der Waals surface area contributed by atoms with Crippen LogP contribution < -0.4 is 0 Å². The average molecular weight is 184 g/mol. The number of ketones is 1. The molecule has 1 aromatic rings. The minimum Gasteiger partial charge on any atom is -0.504 e. The lowest BCUT2D eigenvalue weighted by atomic mass is 10.2. The summed E-state index contributed by atoms with van der Waals surface area (Å²) in [6.07, 6.45) is 0. The standard InChI is InChI=1S/C7H8N2O4/c1-3(10)4-6(11)5(9-8-4)7(12)13-2/h11H,1-2H3,(H,8,9). The van der Waals surface area contributed by atoms with E-state index >= 15 is 0 Å². The molecule has 0 aliphatic heterocycles. The van der Waals surface area contributed by atoms with Crippen LogP contribution in [0, 0.1) is 0 Å². The van der Waals surface area contributed by atoms with Crippen molar-refractivity contribution in [2.45, 2.75) is 6.92 Å². The van der Waals surface area contributed by atoms with Gasteiger partial charge in [-0.2, -0.15) is 5.10 Å². The molecule has 1 heterocycles. The number of carbonyl (C=O) groups excluding carboxylic acids is 2. The van der Waals surface area contributed by atoms with Gasteiger partial charge in [0.2, 0.25) is 5.69 Å². The van der Waals surface area contributed by atoms with Gasteiger partial charge in [0, 0.05) is 6.92 Å². The van der Waals surface area contributed by atoms with Crippen LogP contribution in [0.2, 0.25) is 0 Å². The smallest absolute Gasteiger partial charge is 0.362 e. The van der Waals surface area contributed by atoms with Crippen molar-refractivity contribution >= 4 is 11.8 Å². The van der Waals surface area contributed by atoms with Gasteiger partial charge < -0.3 is 9.84 Å². The quantitative estimate of drug-likeness (QED) is 0.502. The lowest BCUT2D eigenvalue weighted by Gasteiger charge is -1.93. The molecule has 0 aliphatic carbocycles. The van der Waals surface area contributed by atoms with E-state index in [2.05, 4.69) is 14.9 Å². The van der Waals surface area contributed by atoms with Gasteiger partial charge in [0.15, 0.2) is 11.5 Å². The first kappa shape index (κ1) is 9.24. The summed E-state index contributed by atoms with van der Waals surface area (Å²) in [6, 6.07) is 0. The minimum absolute atomic E-state index is 0.0969. The topological polar surface area (TPSA) is 92.3 Å². The summed E-state index contributed by atoms with van der Waals surface area (Å²) in [4.78, 5) is 21.7. The summed E-state index contributed by atoms with van der Waals surface area (Å²) in [6.45, 7) is 1.24. The molecular weight excluding hydrogens is 176 g/mol. The van der Waals surface area contributed by atoms with Crippen LogP contribution in [0.4, 0.5) is 0 Å². The van der Waals surface area contributed by atoms with Crippen LogP contribution >= 0.6 is 0 Å². The van der Waals surface area contributed by atoms with Gasteiger partial charge in [0.25, 0.3) is 0 Å². The summed E-state index contributed by atoms with van der Waals surface area (Å²) < 4.78 is 4.32. The first-order valence-corrected chi connectivity index (χ1v) is 3.44. The highest BCUT2D eigenvalue weighted by Gasteiger charge is 2.21. The van der Waals surface area contributed by atoms with Crippen LogP contribution in [0.5, 0.6) is 5.75 Å². The Balaban J connectivity index is 3.13. The Hall–Kier alpha value is -1.85. The number of aromatic nitrogens is 2. The molecule has 1 rings (SSSR count). The SMILES string of the molecule is COC(=O)c1n[nH]c(C(C)=O)c1O. The third kappa shape index (κ3) is 1.51. The number of ether oxygens (including phenoxy) is 1. The van der Waals surface area contributed by atoms with Crippen molar-refractivity contribution in [3.63, 3.8) is 0 Å². The summed E-state index contributed by atoms with van der Waals surface area (Å²) >= 11 is 0. The summed E-state index contributed by atoms with van der Waals surface area (Å²) in [5, 5.41) is 15.0. The number of aromatic amines is 1. The fourth-order valence-electron chi connectivity index (χ4n) is 0.821. The number of H-pyrrole nitrogens is 1. The second kappa shape index (κ2) is 3.26. The molecule has 0 atom stereocenters. The van der Waals surface area contributed by atoms with Gasteiger partial charge in [-0.1, -0.05) is 0 Å². The molecule has 13 heavy (non-hydrogen) atoms. The molecule has 0 unspecified atom stereocenters. The number of nitrogens with zero attached hydrogens (tertiary/aromatic N) is 1. The number of Topliss-reactive ketones (excluding diaryl/α,β-unsaturated/α-hetero) is 1. The van der Waals surface area contributed by atoms with Gasteiger partial charge in [-0.05, 0) is 0 Å². The van der Waals surface area contributed by atoms with Crippen molar-refractivity contribution < 1.29 is 19.4 Å². The van der Waals surface area contributed by atoms with Crippen molar-refractivity contribution in [2.75, 3.05) is 7.11 Å². The highest BCUT2D eigenvalue weighted by Crippen LogP contribution is 2.19. The molecule has 0 amide bonds. The fourth-order valence-corrected chi connectivity index (χ4v) is 0.821. The van der Waals surface area contributed by atoms with Crippen molar-refractivity contribution in [3.8, 4) is 5.75 Å². The second-order valence-electron chi connectivity index (χ2n) is 2.34. The highest BCUT2D eigenvalue weighted by atomic mass is 16.5. The molecule has 1 aromatic heterocycles. The molecule has 0 radical (unpaired) electrons. The Morgan fingerprint density at radius 1 is 1.54 bits per heavy atom. The zero-order valence-electron chi connectivity index (χ0n) is 7.12. The Labute approximate surface area is 73.5 Å². The maximum atomic E-state index is 10.9. The second-order valence-corrected chi connectivity index (χ2v) is 2.34. The van der Waals surface area contributed by atoms with Crippen molar-refractivity contribution in [3.05, 3.63) is 11.4 Å². The predicted molar refractivity (Wildman–Crippen MR) is 41.6 cm³/mol. The van der Waals surface area contributed by atoms with Gasteiger partial charge >= 0.3 is 5.97 Å². The number of esters is 1. The zero-order valence-corrected chi connectivity index (χ0v) is 7.12. The number of hydrogen-bond acceptors (Lipinski definition) is 5. The van der Waals surface area contributed by atoms with Crippen LogP contribution in [0.15, 0.2) is 0 Å². The average Bonchev–Trinajstić information content (AvgIpc) is 2.46. The molecule has 6 heteroatoms. The molecule has 0 saturated carbocycles. The van der Waals surface area contributed by atoms with Gasteiger partial charge in [-0.3, -0.25) is 9.89 Å². The molecule has 0 saturated heterocycles. The summed E-state index contributed by atoms with van der Waals surface area (Å²) in [7, 11) is 1.16. The molecular formula is C7H8N2O4. The zero-order chi connectivity index (χ0) is 10.0. The number of carbonyl (C=O) groups is 2. The number of methoxy groups -OCH3 is 1. The largest absolute Gasteiger partial charge is 0.504 e. The molecule has 2 N–H and O–H groups in total. The van der Waals surface area contributed by atoms with Gasteiger partial charge in [-0.15, -0.1) is 0 Å². The van der Waals surface area contributed by atoms with Crippen LogP contribution in [-0.4, -0.2) is 34.2 Å². The van der Waals surface area contributed by atoms with Crippen molar-refractivity contribution in [1.29, 1.82) is 0 Å². The van der Waals surface area contributed by atoms with E-state index in [-0.39, 0.29) is 11.4 Å². The molecule has 0 bridgehead atoms. The first-order chi connectivity index (χ1) is 6.07. The van der Waals surface area contributed by atoms with E-state index in [0.29, 0.717) is 0 Å². The Kier molecular flexibility index (Phi) is 2.32. The molecule has 0 aromatic carbocycles. The van der Waals surface area contributed by atoms with E-state index in [1.807, 2.05) is 0 Å². The van der Waals surface area contributed by atoms with Gasteiger partial charge in [-0.25, -0.2) is 4.79 Å². The molecule has 0 spiro atoms. The van der Waals surface area contributed by atoms with Crippen LogP contribution in [-0.2, 0) is 4.74 Å². The highest BCUT2D eigenvalue weighted by molar-refractivity contribution is 5.99. The molecule has 6 nitrogen and oxygen atoms in total. The number of nitrogens with one attached hydrogen (secondary N) is 1. The Morgan fingerprint density at radius 2 is 2.15 bits per heavy atom. The van der Waals surface area contributed by atoms with E-state index < -0.39 is 17.5 Å². The van der Waals surface area contributed by atoms with Gasteiger partial charge in [0.1, 0.15) is 5.69 Å². The lowest BCUT2D eigenvalue weighted by Crippen LogP contribution is -2.01. The fraction of sp³-hybridized carbons (Fsp3) is 0.286. The molecule has 0 fully saturated rings. The maximum Gasteiger partial charge on any atom is 0.362 e. The summed E-state index contributed by atoms with van der Waals surface area (Å²) in [5.41, 5.74) is -0.381. The number of aromatic hydroxyl groups is 1. The predicted octanol–water partition coefficient (Wildman–Crippen LogP) is 0.104. The third-order valence-corrected chi connectivity index (χ3v) is 1.47. The molecule has 70 valence electrons. The van der Waals surface area contributed by atoms with E-state index in [9.17, 15) is 14.7 Å². The van der Waals surface area contributed by atoms with Crippen LogP contribution in [0.25, 0.3) is 0 Å². The van der Waals surface area contributed by atoms with Gasteiger partial charge in [0.05, 0.1) is 7.11 Å². The first-order valence-electron chi connectivity index (χ1n) is 3.44. The van der Waals surface area contributed by atoms with Crippen molar-refractivity contribution in [2.24, 2.45) is 0 Å². The van der Waals surface area contributed by atoms with E-state index in [1.54, 1.807) is 0 Å². The minimum atomic E-state index is -0.791. The number of rotatable bonds is 2. The van der Waals surface area contributed by atoms with Crippen LogP contribution in [0.3, 0.4) is 0 Å². The van der Waals surface area contributed by atoms with Crippen molar-refractivity contribution in [1.82, 2.24) is 10.2 Å². The van der Waals surface area contributed by atoms with E-state index in [1.165, 1.54) is 6.92 Å². The normalized spacial score (nSPS) is 9.69. The Bertz CT molecular complexity index is 355. The van der Waals surface area contributed by atoms with Crippen LogP contribution in [0.1, 0.15) is 27.9 Å². The van der Waals surface area contributed by atoms with E-state index in [4.69, 9.17) is 0 Å². The lowest BCUT2D eigenvalue weighted by molar-refractivity contribution is 0.0590. The Morgan fingerprint density at radius 3 is 2.54 bits per heavy atom. The third-order valence-electron chi connectivity index (χ3n) is 1.47. The monoisotopic (exact) mass is 184 g/mol. The summed E-state index contributed by atoms with van der Waals surface area (Å²) in [5.74, 6) is -1.67.